The molecule has 0 amide bonds. The molecule has 0 bridgehead atoms. The molecule has 0 aliphatic heterocycles. The molecule has 2 nitrogen and oxygen atoms in total. The van der Waals surface area contributed by atoms with Crippen LogP contribution in [0.1, 0.15) is 29.7 Å². The van der Waals surface area contributed by atoms with Crippen LogP contribution in [0.15, 0.2) is 36.4 Å². The molecule has 0 saturated carbocycles. The van der Waals surface area contributed by atoms with Crippen LogP contribution in [0, 0.1) is 19.7 Å². The SMILES string of the molecule is CNC(C)c1ccc(Oc2ccc(C)cc2C)c(F)c1. The van der Waals surface area contributed by atoms with E-state index in [2.05, 4.69) is 5.32 Å². The lowest BCUT2D eigenvalue weighted by atomic mass is 10.1. The highest BCUT2D eigenvalue weighted by Crippen LogP contribution is 2.29. The van der Waals surface area contributed by atoms with Gasteiger partial charge in [0.2, 0.25) is 0 Å². The highest BCUT2D eigenvalue weighted by Gasteiger charge is 2.10. The lowest BCUT2D eigenvalue weighted by Gasteiger charge is -2.14. The van der Waals surface area contributed by atoms with Gasteiger partial charge in [-0.3, -0.25) is 0 Å². The van der Waals surface area contributed by atoms with Crippen LogP contribution < -0.4 is 10.1 Å². The van der Waals surface area contributed by atoms with E-state index in [-0.39, 0.29) is 17.6 Å². The van der Waals surface area contributed by atoms with Crippen molar-refractivity contribution in [1.29, 1.82) is 0 Å². The van der Waals surface area contributed by atoms with Crippen LogP contribution >= 0.6 is 0 Å². The second-order valence-electron chi connectivity index (χ2n) is 5.07. The molecule has 2 rings (SSSR count). The van der Waals surface area contributed by atoms with Gasteiger partial charge in [-0.15, -0.1) is 0 Å². The number of nitrogens with one attached hydrogen (secondary N) is 1. The zero-order chi connectivity index (χ0) is 14.7. The van der Waals surface area contributed by atoms with Gasteiger partial charge in [0.05, 0.1) is 0 Å². The molecule has 0 fully saturated rings. The van der Waals surface area contributed by atoms with Crippen LogP contribution in [0.4, 0.5) is 4.39 Å². The quantitative estimate of drug-likeness (QED) is 0.884. The smallest absolute Gasteiger partial charge is 0.166 e. The van der Waals surface area contributed by atoms with Crippen molar-refractivity contribution in [3.8, 4) is 11.5 Å². The van der Waals surface area contributed by atoms with E-state index in [4.69, 9.17) is 4.74 Å². The molecule has 2 aromatic carbocycles. The van der Waals surface area contributed by atoms with Crippen molar-refractivity contribution < 1.29 is 9.13 Å². The first kappa shape index (κ1) is 14.5. The van der Waals surface area contributed by atoms with Gasteiger partial charge >= 0.3 is 0 Å². The summed E-state index contributed by atoms with van der Waals surface area (Å²) >= 11 is 0. The summed E-state index contributed by atoms with van der Waals surface area (Å²) < 4.78 is 19.8. The molecule has 1 unspecified atom stereocenters. The molecule has 0 spiro atoms. The normalized spacial score (nSPS) is 12.2. The molecule has 0 aliphatic carbocycles. The van der Waals surface area contributed by atoms with Crippen molar-refractivity contribution >= 4 is 0 Å². The first-order valence-corrected chi connectivity index (χ1v) is 6.73. The summed E-state index contributed by atoms with van der Waals surface area (Å²) in [6.45, 7) is 5.96. The van der Waals surface area contributed by atoms with Crippen LogP contribution in [0.2, 0.25) is 0 Å². The Labute approximate surface area is 119 Å². The Bertz CT molecular complexity index is 610. The zero-order valence-electron chi connectivity index (χ0n) is 12.3. The molecular weight excluding hydrogens is 253 g/mol. The van der Waals surface area contributed by atoms with E-state index in [1.165, 1.54) is 6.07 Å². The molecular formula is C17H20FNO. The maximum Gasteiger partial charge on any atom is 0.166 e. The molecule has 0 aromatic heterocycles. The molecule has 0 saturated heterocycles. The largest absolute Gasteiger partial charge is 0.454 e. The molecule has 3 heteroatoms. The fourth-order valence-corrected chi connectivity index (χ4v) is 2.07. The molecule has 106 valence electrons. The van der Waals surface area contributed by atoms with E-state index in [0.29, 0.717) is 5.75 Å². The predicted octanol–water partition coefficient (Wildman–Crippen LogP) is 4.52. The van der Waals surface area contributed by atoms with E-state index in [1.54, 1.807) is 6.07 Å². The van der Waals surface area contributed by atoms with Crippen LogP contribution in [-0.2, 0) is 0 Å². The third-order valence-corrected chi connectivity index (χ3v) is 3.44. The minimum atomic E-state index is -0.343. The molecule has 0 heterocycles. The van der Waals surface area contributed by atoms with E-state index in [0.717, 1.165) is 16.7 Å². The van der Waals surface area contributed by atoms with E-state index >= 15 is 0 Å². The minimum absolute atomic E-state index is 0.111. The Balaban J connectivity index is 2.25. The van der Waals surface area contributed by atoms with Crippen LogP contribution in [0.3, 0.4) is 0 Å². The second kappa shape index (κ2) is 6.06. The average Bonchev–Trinajstić information content (AvgIpc) is 2.42. The van der Waals surface area contributed by atoms with Crippen LogP contribution in [-0.4, -0.2) is 7.05 Å². The summed E-state index contributed by atoms with van der Waals surface area (Å²) in [4.78, 5) is 0. The van der Waals surface area contributed by atoms with Crippen molar-refractivity contribution in [3.05, 3.63) is 58.9 Å². The first-order valence-electron chi connectivity index (χ1n) is 6.73. The standard InChI is InChI=1S/C17H20FNO/c1-11-5-7-16(12(2)9-11)20-17-8-6-14(10-15(17)18)13(3)19-4/h5-10,13,19H,1-4H3. The number of benzene rings is 2. The van der Waals surface area contributed by atoms with Gasteiger partial charge in [0.15, 0.2) is 11.6 Å². The second-order valence-corrected chi connectivity index (χ2v) is 5.07. The number of hydrogen-bond donors (Lipinski definition) is 1. The van der Waals surface area contributed by atoms with Gasteiger partial charge < -0.3 is 10.1 Å². The van der Waals surface area contributed by atoms with Gasteiger partial charge in [-0.25, -0.2) is 4.39 Å². The van der Waals surface area contributed by atoms with Crippen molar-refractivity contribution in [3.63, 3.8) is 0 Å². The van der Waals surface area contributed by atoms with Gasteiger partial charge in [0.1, 0.15) is 5.75 Å². The van der Waals surface area contributed by atoms with Crippen molar-refractivity contribution in [1.82, 2.24) is 5.32 Å². The topological polar surface area (TPSA) is 21.3 Å². The Morgan fingerprint density at radius 1 is 1.05 bits per heavy atom. The number of aryl methyl sites for hydroxylation is 2. The Morgan fingerprint density at radius 3 is 2.35 bits per heavy atom. The van der Waals surface area contributed by atoms with Crippen LogP contribution in [0.25, 0.3) is 0 Å². The monoisotopic (exact) mass is 273 g/mol. The van der Waals surface area contributed by atoms with E-state index < -0.39 is 0 Å². The Hall–Kier alpha value is -1.87. The molecule has 0 aliphatic rings. The number of hydrogen-bond acceptors (Lipinski definition) is 2. The molecule has 1 atom stereocenters. The highest BCUT2D eigenvalue weighted by atomic mass is 19.1. The third-order valence-electron chi connectivity index (χ3n) is 3.44. The Morgan fingerprint density at radius 2 is 1.75 bits per heavy atom. The molecule has 0 radical (unpaired) electrons. The highest BCUT2D eigenvalue weighted by molar-refractivity contribution is 5.40. The average molecular weight is 273 g/mol. The maximum absolute atomic E-state index is 14.1. The summed E-state index contributed by atoms with van der Waals surface area (Å²) in [5.74, 6) is 0.595. The van der Waals surface area contributed by atoms with Crippen molar-refractivity contribution in [2.45, 2.75) is 26.8 Å². The Kier molecular flexibility index (Phi) is 4.40. The fraction of sp³-hybridized carbons (Fsp3) is 0.294. The molecule has 1 N–H and O–H groups in total. The van der Waals surface area contributed by atoms with Gasteiger partial charge in [0, 0.05) is 6.04 Å². The summed E-state index contributed by atoms with van der Waals surface area (Å²) in [5, 5.41) is 3.09. The van der Waals surface area contributed by atoms with E-state index in [1.807, 2.05) is 52.1 Å². The summed E-state index contributed by atoms with van der Waals surface area (Å²) in [7, 11) is 1.85. The number of rotatable bonds is 4. The van der Waals surface area contributed by atoms with Gasteiger partial charge in [-0.2, -0.15) is 0 Å². The molecule has 2 aromatic rings. The van der Waals surface area contributed by atoms with Crippen molar-refractivity contribution in [2.24, 2.45) is 0 Å². The van der Waals surface area contributed by atoms with Crippen LogP contribution in [0.5, 0.6) is 11.5 Å². The number of ether oxygens (including phenoxy) is 1. The lowest BCUT2D eigenvalue weighted by Crippen LogP contribution is -2.12. The third kappa shape index (κ3) is 3.17. The first-order chi connectivity index (χ1) is 9.51. The summed E-state index contributed by atoms with van der Waals surface area (Å²) in [5.41, 5.74) is 3.06. The summed E-state index contributed by atoms with van der Waals surface area (Å²) in [6, 6.07) is 11.0. The number of halogens is 1. The van der Waals surface area contributed by atoms with Gasteiger partial charge in [-0.05, 0) is 57.1 Å². The van der Waals surface area contributed by atoms with Gasteiger partial charge in [0.25, 0.3) is 0 Å². The summed E-state index contributed by atoms with van der Waals surface area (Å²) in [6.07, 6.45) is 0. The maximum atomic E-state index is 14.1. The molecule has 20 heavy (non-hydrogen) atoms. The minimum Gasteiger partial charge on any atom is -0.454 e. The fourth-order valence-electron chi connectivity index (χ4n) is 2.07. The zero-order valence-corrected chi connectivity index (χ0v) is 12.3. The van der Waals surface area contributed by atoms with Crippen molar-refractivity contribution in [2.75, 3.05) is 7.05 Å². The lowest BCUT2D eigenvalue weighted by molar-refractivity contribution is 0.438. The van der Waals surface area contributed by atoms with Gasteiger partial charge in [-0.1, -0.05) is 23.8 Å². The predicted molar refractivity (Wildman–Crippen MR) is 79.9 cm³/mol. The van der Waals surface area contributed by atoms with E-state index in [9.17, 15) is 4.39 Å².